The highest BCUT2D eigenvalue weighted by Crippen LogP contribution is 2.29. The van der Waals surface area contributed by atoms with E-state index in [1.54, 1.807) is 18.2 Å². The number of aryl methyl sites for hydroxylation is 1. The lowest BCUT2D eigenvalue weighted by Gasteiger charge is -2.17. The smallest absolute Gasteiger partial charge is 0.475 e. The first-order chi connectivity index (χ1) is 20.4. The molecule has 2 aromatic rings. The molecule has 0 saturated carbocycles. The van der Waals surface area contributed by atoms with Gasteiger partial charge in [0.1, 0.15) is 11.6 Å². The van der Waals surface area contributed by atoms with Crippen LogP contribution in [0.5, 0.6) is 0 Å². The van der Waals surface area contributed by atoms with Crippen molar-refractivity contribution in [2.45, 2.75) is 32.1 Å². The van der Waals surface area contributed by atoms with Gasteiger partial charge < -0.3 is 26.2 Å². The van der Waals surface area contributed by atoms with E-state index in [-0.39, 0.29) is 11.4 Å². The first kappa shape index (κ1) is 35.9. The van der Waals surface area contributed by atoms with E-state index in [9.17, 15) is 39.9 Å². The standard InChI is InChI=1S/C24H25F2N3O.2C2HF3O2/c1-15-12-20(17-6-10-28-11-7-17)22(26)14-23(15)29-24(30)18-2-3-19(21(25)13-18)16-4-8-27-9-5-16;2*3-2(4,5)1(6)7/h2-4,6,12-14,27-28H,5,7-11H2,1H3,(H,29,30);2*(H,6,7). The van der Waals surface area contributed by atoms with E-state index in [1.165, 1.54) is 12.1 Å². The molecule has 4 rings (SSSR count). The molecule has 0 radical (unpaired) electrons. The first-order valence-corrected chi connectivity index (χ1v) is 12.7. The number of halogens is 8. The Kier molecular flexibility index (Phi) is 12.6. The molecule has 0 aliphatic carbocycles. The molecule has 0 saturated heterocycles. The van der Waals surface area contributed by atoms with Crippen LogP contribution in [0.1, 0.15) is 39.9 Å². The predicted molar refractivity (Wildman–Crippen MR) is 144 cm³/mol. The molecule has 8 nitrogen and oxygen atoms in total. The maximum atomic E-state index is 14.7. The molecule has 2 aliphatic heterocycles. The van der Waals surface area contributed by atoms with E-state index >= 15 is 0 Å². The lowest BCUT2D eigenvalue weighted by molar-refractivity contribution is -0.193. The zero-order valence-electron chi connectivity index (χ0n) is 22.9. The Morgan fingerprint density at radius 1 is 0.750 bits per heavy atom. The second kappa shape index (κ2) is 15.4. The average Bonchev–Trinajstić information content (AvgIpc) is 2.95. The van der Waals surface area contributed by atoms with Crippen molar-refractivity contribution in [3.8, 4) is 0 Å². The molecular formula is C28H27F8N3O5. The Labute approximate surface area is 245 Å². The number of hydrogen-bond acceptors (Lipinski definition) is 5. The number of aliphatic carboxylic acids is 2. The number of carboxylic acid groups (broad SMARTS) is 2. The first-order valence-electron chi connectivity index (χ1n) is 12.7. The summed E-state index contributed by atoms with van der Waals surface area (Å²) in [5.74, 6) is -6.77. The van der Waals surface area contributed by atoms with Crippen LogP contribution in [-0.4, -0.2) is 66.6 Å². The zero-order valence-corrected chi connectivity index (χ0v) is 22.9. The molecule has 16 heteroatoms. The molecule has 2 aromatic carbocycles. The van der Waals surface area contributed by atoms with E-state index in [0.29, 0.717) is 23.4 Å². The minimum absolute atomic E-state index is 0.204. The van der Waals surface area contributed by atoms with Crippen LogP contribution in [0.25, 0.3) is 11.1 Å². The summed E-state index contributed by atoms with van der Waals surface area (Å²) in [6.07, 6.45) is -4.70. The van der Waals surface area contributed by atoms with Crippen molar-refractivity contribution >= 4 is 34.7 Å². The van der Waals surface area contributed by atoms with Gasteiger partial charge in [0.05, 0.1) is 0 Å². The van der Waals surface area contributed by atoms with Gasteiger partial charge >= 0.3 is 24.3 Å². The minimum Gasteiger partial charge on any atom is -0.475 e. The van der Waals surface area contributed by atoms with Gasteiger partial charge in [-0.15, -0.1) is 0 Å². The molecule has 2 aliphatic rings. The van der Waals surface area contributed by atoms with Gasteiger partial charge in [-0.3, -0.25) is 4.79 Å². The fourth-order valence-electron chi connectivity index (χ4n) is 3.91. The van der Waals surface area contributed by atoms with Gasteiger partial charge in [-0.05, 0) is 73.8 Å². The third-order valence-corrected chi connectivity index (χ3v) is 6.10. The molecule has 2 heterocycles. The number of hydrogen-bond donors (Lipinski definition) is 5. The SMILES string of the molecule is Cc1cc(C2=CCNCC2)c(F)cc1NC(=O)c1ccc(C2=CCNCC2)c(F)c1.O=C(O)C(F)(F)F.O=C(O)C(F)(F)F. The van der Waals surface area contributed by atoms with Gasteiger partial charge in [0.2, 0.25) is 0 Å². The van der Waals surface area contributed by atoms with Crippen LogP contribution in [0, 0.1) is 18.6 Å². The molecule has 0 aromatic heterocycles. The van der Waals surface area contributed by atoms with Crippen molar-refractivity contribution in [2.24, 2.45) is 0 Å². The Hall–Kier alpha value is -4.31. The van der Waals surface area contributed by atoms with Gasteiger partial charge in [0, 0.05) is 35.5 Å². The van der Waals surface area contributed by atoms with Crippen molar-refractivity contribution in [3.63, 3.8) is 0 Å². The summed E-state index contributed by atoms with van der Waals surface area (Å²) in [7, 11) is 0. The van der Waals surface area contributed by atoms with E-state index in [2.05, 4.69) is 16.0 Å². The number of benzene rings is 2. The molecule has 0 unspecified atom stereocenters. The van der Waals surface area contributed by atoms with Crippen LogP contribution in [0.2, 0.25) is 0 Å². The second-order valence-electron chi connectivity index (χ2n) is 9.27. The summed E-state index contributed by atoms with van der Waals surface area (Å²) in [6, 6.07) is 7.59. The van der Waals surface area contributed by atoms with Crippen LogP contribution in [-0.2, 0) is 9.59 Å². The van der Waals surface area contributed by atoms with Gasteiger partial charge in [-0.1, -0.05) is 18.2 Å². The molecule has 44 heavy (non-hydrogen) atoms. The predicted octanol–water partition coefficient (Wildman–Crippen LogP) is 5.55. The summed E-state index contributed by atoms with van der Waals surface area (Å²) in [6.45, 7) is 4.89. The van der Waals surface area contributed by atoms with E-state index in [1.807, 2.05) is 19.1 Å². The number of rotatable bonds is 4. The number of alkyl halides is 6. The maximum absolute atomic E-state index is 14.7. The normalized spacial score (nSPS) is 14.9. The minimum atomic E-state index is -5.08. The number of anilines is 1. The highest BCUT2D eigenvalue weighted by molar-refractivity contribution is 6.05. The van der Waals surface area contributed by atoms with Crippen molar-refractivity contribution in [3.05, 3.63) is 76.4 Å². The van der Waals surface area contributed by atoms with Crippen LogP contribution in [0.15, 0.2) is 42.5 Å². The highest BCUT2D eigenvalue weighted by Gasteiger charge is 2.38. The maximum Gasteiger partial charge on any atom is 0.490 e. The Bertz CT molecular complexity index is 1410. The lowest BCUT2D eigenvalue weighted by atomic mass is 9.97. The quantitative estimate of drug-likeness (QED) is 0.279. The molecule has 240 valence electrons. The molecular weight excluding hydrogens is 610 g/mol. The molecule has 0 atom stereocenters. The van der Waals surface area contributed by atoms with Gasteiger partial charge in [-0.2, -0.15) is 26.3 Å². The van der Waals surface area contributed by atoms with Crippen molar-refractivity contribution in [1.82, 2.24) is 10.6 Å². The summed E-state index contributed by atoms with van der Waals surface area (Å²) in [4.78, 5) is 30.5. The number of nitrogens with one attached hydrogen (secondary N) is 3. The largest absolute Gasteiger partial charge is 0.490 e. The number of carbonyl (C=O) groups is 3. The summed E-state index contributed by atoms with van der Waals surface area (Å²) >= 11 is 0. The van der Waals surface area contributed by atoms with Crippen molar-refractivity contribution in [1.29, 1.82) is 0 Å². The van der Waals surface area contributed by atoms with Gasteiger partial charge in [-0.25, -0.2) is 18.4 Å². The summed E-state index contributed by atoms with van der Waals surface area (Å²) in [5.41, 5.74) is 4.36. The molecule has 0 bridgehead atoms. The van der Waals surface area contributed by atoms with Gasteiger partial charge in [0.25, 0.3) is 5.91 Å². The zero-order chi connectivity index (χ0) is 33.2. The number of amides is 1. The monoisotopic (exact) mass is 637 g/mol. The van der Waals surface area contributed by atoms with Crippen molar-refractivity contribution < 1.29 is 59.7 Å². The fraction of sp³-hybridized carbons (Fsp3) is 0.321. The summed E-state index contributed by atoms with van der Waals surface area (Å²) in [5, 5.41) is 23.4. The van der Waals surface area contributed by atoms with Crippen LogP contribution in [0.3, 0.4) is 0 Å². The number of carboxylic acids is 2. The lowest BCUT2D eigenvalue weighted by Crippen LogP contribution is -2.21. The fourth-order valence-corrected chi connectivity index (χ4v) is 3.91. The highest BCUT2D eigenvalue weighted by atomic mass is 19.4. The van der Waals surface area contributed by atoms with E-state index in [4.69, 9.17) is 19.8 Å². The molecule has 5 N–H and O–H groups in total. The van der Waals surface area contributed by atoms with Crippen LogP contribution in [0.4, 0.5) is 40.8 Å². The molecule has 0 fully saturated rings. The second-order valence-corrected chi connectivity index (χ2v) is 9.27. The molecule has 1 amide bonds. The third kappa shape index (κ3) is 10.8. The molecule has 0 spiro atoms. The van der Waals surface area contributed by atoms with E-state index < -0.39 is 36.0 Å². The Morgan fingerprint density at radius 2 is 1.20 bits per heavy atom. The van der Waals surface area contributed by atoms with Crippen molar-refractivity contribution in [2.75, 3.05) is 31.5 Å². The van der Waals surface area contributed by atoms with Crippen LogP contribution >= 0.6 is 0 Å². The Morgan fingerprint density at radius 3 is 1.61 bits per heavy atom. The third-order valence-electron chi connectivity index (χ3n) is 6.10. The summed E-state index contributed by atoms with van der Waals surface area (Å²) < 4.78 is 92.8. The topological polar surface area (TPSA) is 128 Å². The number of carbonyl (C=O) groups excluding carboxylic acids is 1. The van der Waals surface area contributed by atoms with E-state index in [0.717, 1.165) is 49.2 Å². The Balaban J connectivity index is 0.000000402. The van der Waals surface area contributed by atoms with Crippen LogP contribution < -0.4 is 16.0 Å². The average molecular weight is 638 g/mol. The van der Waals surface area contributed by atoms with Gasteiger partial charge in [0.15, 0.2) is 0 Å².